The molecule has 21 heavy (non-hydrogen) atoms. The molecular formula is C16H21F2NO2. The number of alkyl halides is 2. The zero-order valence-corrected chi connectivity index (χ0v) is 12.0. The van der Waals surface area contributed by atoms with Gasteiger partial charge in [-0.15, -0.1) is 0 Å². The number of aliphatic hydroxyl groups is 1. The number of rotatable bonds is 6. The minimum Gasteiger partial charge on any atom is -0.395 e. The van der Waals surface area contributed by atoms with E-state index < -0.39 is 13.0 Å². The van der Waals surface area contributed by atoms with E-state index >= 15 is 0 Å². The fraction of sp³-hybridized carbons (Fsp3) is 0.562. The number of amides is 1. The topological polar surface area (TPSA) is 40.5 Å². The van der Waals surface area contributed by atoms with Crippen LogP contribution in [0, 0.1) is 0 Å². The van der Waals surface area contributed by atoms with Crippen molar-refractivity contribution in [2.45, 2.75) is 38.5 Å². The standard InChI is InChI=1S/C16H21F2NO2/c17-15(18)11-19(7-8-20)16(21)10-12-5-6-13-3-1-2-4-14(13)9-12/h5-6,9,15,20H,1-4,7-8,10-11H2. The summed E-state index contributed by atoms with van der Waals surface area (Å²) in [5.41, 5.74) is 3.46. The summed E-state index contributed by atoms with van der Waals surface area (Å²) in [7, 11) is 0. The molecule has 0 unspecified atom stereocenters. The predicted octanol–water partition coefficient (Wildman–Crippen LogP) is 2.19. The largest absolute Gasteiger partial charge is 0.395 e. The van der Waals surface area contributed by atoms with E-state index in [1.165, 1.54) is 17.5 Å². The molecule has 3 nitrogen and oxygen atoms in total. The van der Waals surface area contributed by atoms with Gasteiger partial charge in [0.15, 0.2) is 0 Å². The summed E-state index contributed by atoms with van der Waals surface area (Å²) >= 11 is 0. The van der Waals surface area contributed by atoms with Gasteiger partial charge in [-0.2, -0.15) is 0 Å². The molecule has 1 amide bonds. The summed E-state index contributed by atoms with van der Waals surface area (Å²) in [6.45, 7) is -0.971. The van der Waals surface area contributed by atoms with E-state index in [1.807, 2.05) is 18.2 Å². The van der Waals surface area contributed by atoms with Gasteiger partial charge in [0.05, 0.1) is 19.6 Å². The highest BCUT2D eigenvalue weighted by Gasteiger charge is 2.18. The van der Waals surface area contributed by atoms with Crippen molar-refractivity contribution in [2.24, 2.45) is 0 Å². The lowest BCUT2D eigenvalue weighted by molar-refractivity contribution is -0.133. The van der Waals surface area contributed by atoms with Crippen LogP contribution in [-0.4, -0.2) is 42.0 Å². The Hall–Kier alpha value is -1.49. The summed E-state index contributed by atoms with van der Waals surface area (Å²) in [5, 5.41) is 8.88. The first-order chi connectivity index (χ1) is 10.1. The Morgan fingerprint density at radius 3 is 2.62 bits per heavy atom. The molecule has 1 aromatic rings. The Morgan fingerprint density at radius 1 is 1.24 bits per heavy atom. The van der Waals surface area contributed by atoms with Gasteiger partial charge >= 0.3 is 0 Å². The number of aryl methyl sites for hydroxylation is 2. The van der Waals surface area contributed by atoms with Crippen molar-refractivity contribution in [1.82, 2.24) is 4.90 Å². The van der Waals surface area contributed by atoms with Crippen molar-refractivity contribution in [1.29, 1.82) is 0 Å². The summed E-state index contributed by atoms with van der Waals surface area (Å²) in [5.74, 6) is -0.361. The maximum atomic E-state index is 12.5. The monoisotopic (exact) mass is 297 g/mol. The van der Waals surface area contributed by atoms with Gasteiger partial charge in [-0.25, -0.2) is 8.78 Å². The van der Waals surface area contributed by atoms with Gasteiger partial charge in [-0.1, -0.05) is 18.2 Å². The fourth-order valence-corrected chi connectivity index (χ4v) is 2.79. The second-order valence-corrected chi connectivity index (χ2v) is 5.44. The van der Waals surface area contributed by atoms with Crippen LogP contribution in [0.4, 0.5) is 8.78 Å². The van der Waals surface area contributed by atoms with Crippen LogP contribution in [0.5, 0.6) is 0 Å². The van der Waals surface area contributed by atoms with E-state index in [4.69, 9.17) is 5.11 Å². The second-order valence-electron chi connectivity index (χ2n) is 5.44. The van der Waals surface area contributed by atoms with E-state index in [9.17, 15) is 13.6 Å². The molecule has 1 aromatic carbocycles. The number of halogens is 2. The number of carbonyl (C=O) groups is 1. The van der Waals surface area contributed by atoms with Crippen LogP contribution < -0.4 is 0 Å². The van der Waals surface area contributed by atoms with Gasteiger partial charge in [0.2, 0.25) is 5.91 Å². The van der Waals surface area contributed by atoms with Crippen LogP contribution in [0.25, 0.3) is 0 Å². The number of nitrogens with zero attached hydrogens (tertiary/aromatic N) is 1. The van der Waals surface area contributed by atoms with Crippen LogP contribution in [0.2, 0.25) is 0 Å². The van der Waals surface area contributed by atoms with E-state index in [0.29, 0.717) is 0 Å². The molecule has 1 aliphatic carbocycles. The Kier molecular flexibility index (Phi) is 5.67. The van der Waals surface area contributed by atoms with Crippen molar-refractivity contribution >= 4 is 5.91 Å². The van der Waals surface area contributed by atoms with Gasteiger partial charge in [-0.3, -0.25) is 4.79 Å². The fourth-order valence-electron chi connectivity index (χ4n) is 2.79. The summed E-state index contributed by atoms with van der Waals surface area (Å²) < 4.78 is 24.9. The smallest absolute Gasteiger partial charge is 0.255 e. The highest BCUT2D eigenvalue weighted by atomic mass is 19.3. The van der Waals surface area contributed by atoms with E-state index in [2.05, 4.69) is 0 Å². The first kappa shape index (κ1) is 15.9. The molecule has 0 radical (unpaired) electrons. The van der Waals surface area contributed by atoms with Crippen molar-refractivity contribution in [3.05, 3.63) is 34.9 Å². The van der Waals surface area contributed by atoms with E-state index in [1.54, 1.807) is 0 Å². The van der Waals surface area contributed by atoms with Gasteiger partial charge in [0, 0.05) is 6.54 Å². The molecule has 1 N–H and O–H groups in total. The van der Waals surface area contributed by atoms with E-state index in [0.717, 1.165) is 29.7 Å². The molecule has 0 heterocycles. The molecule has 0 bridgehead atoms. The highest BCUT2D eigenvalue weighted by molar-refractivity contribution is 5.79. The number of hydrogen-bond donors (Lipinski definition) is 1. The normalized spacial score (nSPS) is 14.1. The summed E-state index contributed by atoms with van der Waals surface area (Å²) in [6, 6.07) is 5.97. The molecule has 0 saturated heterocycles. The summed E-state index contributed by atoms with van der Waals surface area (Å²) in [4.78, 5) is 13.1. The number of carbonyl (C=O) groups excluding carboxylic acids is 1. The van der Waals surface area contributed by atoms with Gasteiger partial charge in [0.25, 0.3) is 6.43 Å². The Balaban J connectivity index is 2.03. The molecule has 0 spiro atoms. The molecule has 0 atom stereocenters. The van der Waals surface area contributed by atoms with Gasteiger partial charge in [-0.05, 0) is 42.4 Å². The van der Waals surface area contributed by atoms with Crippen molar-refractivity contribution in [3.8, 4) is 0 Å². The minimum absolute atomic E-state index is 0.0475. The Labute approximate surface area is 123 Å². The molecule has 116 valence electrons. The first-order valence-electron chi connectivity index (χ1n) is 7.37. The minimum atomic E-state index is -2.58. The number of fused-ring (bicyclic) bond motifs is 1. The number of benzene rings is 1. The van der Waals surface area contributed by atoms with Crippen molar-refractivity contribution < 1.29 is 18.7 Å². The Bertz CT molecular complexity index is 491. The number of hydrogen-bond acceptors (Lipinski definition) is 2. The summed E-state index contributed by atoms with van der Waals surface area (Å²) in [6.07, 6.45) is 1.99. The SMILES string of the molecule is O=C(Cc1ccc2c(c1)CCCC2)N(CCO)CC(F)F. The lowest BCUT2D eigenvalue weighted by atomic mass is 9.90. The maximum Gasteiger partial charge on any atom is 0.255 e. The quantitative estimate of drug-likeness (QED) is 0.874. The zero-order valence-electron chi connectivity index (χ0n) is 12.0. The predicted molar refractivity (Wildman–Crippen MR) is 76.5 cm³/mol. The lowest BCUT2D eigenvalue weighted by Crippen LogP contribution is -2.38. The van der Waals surface area contributed by atoms with E-state index in [-0.39, 0.29) is 25.5 Å². The second kappa shape index (κ2) is 7.50. The number of aliphatic hydroxyl groups excluding tert-OH is 1. The zero-order chi connectivity index (χ0) is 15.2. The van der Waals surface area contributed by atoms with Gasteiger partial charge < -0.3 is 10.0 Å². The van der Waals surface area contributed by atoms with Crippen molar-refractivity contribution in [2.75, 3.05) is 19.7 Å². The molecule has 0 fully saturated rings. The average Bonchev–Trinajstić information content (AvgIpc) is 2.46. The first-order valence-corrected chi connectivity index (χ1v) is 7.37. The third-order valence-corrected chi connectivity index (χ3v) is 3.85. The van der Waals surface area contributed by atoms with Crippen LogP contribution in [-0.2, 0) is 24.1 Å². The highest BCUT2D eigenvalue weighted by Crippen LogP contribution is 2.22. The molecule has 0 aromatic heterocycles. The van der Waals surface area contributed by atoms with Crippen LogP contribution in [0.1, 0.15) is 29.5 Å². The third kappa shape index (κ3) is 4.49. The molecule has 0 aliphatic heterocycles. The lowest BCUT2D eigenvalue weighted by Gasteiger charge is -2.22. The molecule has 5 heteroatoms. The third-order valence-electron chi connectivity index (χ3n) is 3.85. The Morgan fingerprint density at radius 2 is 1.95 bits per heavy atom. The average molecular weight is 297 g/mol. The molecule has 1 aliphatic rings. The molecule has 0 saturated carbocycles. The molecule has 2 rings (SSSR count). The van der Waals surface area contributed by atoms with Crippen molar-refractivity contribution in [3.63, 3.8) is 0 Å². The van der Waals surface area contributed by atoms with Crippen LogP contribution in [0.3, 0.4) is 0 Å². The van der Waals surface area contributed by atoms with Crippen LogP contribution >= 0.6 is 0 Å². The maximum absolute atomic E-state index is 12.5. The van der Waals surface area contributed by atoms with Crippen LogP contribution in [0.15, 0.2) is 18.2 Å². The molecular weight excluding hydrogens is 276 g/mol. The van der Waals surface area contributed by atoms with Gasteiger partial charge in [0.1, 0.15) is 0 Å².